The molecule has 0 atom stereocenters. The van der Waals surface area contributed by atoms with Crippen LogP contribution >= 0.6 is 0 Å². The zero-order valence-corrected chi connectivity index (χ0v) is 39.8. The highest BCUT2D eigenvalue weighted by Gasteiger charge is 2.42. The van der Waals surface area contributed by atoms with E-state index in [1.165, 1.54) is 105 Å². The molecule has 0 spiro atoms. The zero-order valence-electron chi connectivity index (χ0n) is 39.8. The van der Waals surface area contributed by atoms with Crippen molar-refractivity contribution in [3.63, 3.8) is 0 Å². The van der Waals surface area contributed by atoms with Crippen LogP contribution in [0.2, 0.25) is 0 Å². The van der Waals surface area contributed by atoms with Crippen LogP contribution in [0.4, 0.5) is 0 Å². The Kier molecular flexibility index (Phi) is 11.5. The first-order valence-corrected chi connectivity index (χ1v) is 23.9. The van der Waals surface area contributed by atoms with Gasteiger partial charge in [-0.3, -0.25) is 0 Å². The van der Waals surface area contributed by atoms with Crippen LogP contribution in [0.25, 0.3) is 38.6 Å². The Morgan fingerprint density at radius 2 is 0.730 bits per heavy atom. The second-order valence-corrected chi connectivity index (χ2v) is 20.4. The molecule has 0 amide bonds. The lowest BCUT2D eigenvalue weighted by Crippen LogP contribution is -2.76. The van der Waals surface area contributed by atoms with E-state index in [2.05, 4.69) is 227 Å². The maximum Gasteiger partial charge on any atom is 0.240 e. The van der Waals surface area contributed by atoms with Crippen LogP contribution in [-0.4, -0.2) is 18.0 Å². The van der Waals surface area contributed by atoms with Crippen molar-refractivity contribution in [1.82, 2.24) is 4.57 Å². The van der Waals surface area contributed by atoms with Crippen molar-refractivity contribution in [2.24, 2.45) is 0 Å². The Labute approximate surface area is 379 Å². The summed E-state index contributed by atoms with van der Waals surface area (Å²) in [6.07, 6.45) is 0. The van der Waals surface area contributed by atoms with Gasteiger partial charge in [-0.25, -0.2) is 0 Å². The molecule has 7 aromatic carbocycles. The van der Waals surface area contributed by atoms with Crippen LogP contribution in [0.15, 0.2) is 140 Å². The van der Waals surface area contributed by atoms with Crippen LogP contribution in [0.5, 0.6) is 0 Å². The van der Waals surface area contributed by atoms with Crippen LogP contribution in [0.1, 0.15) is 152 Å². The van der Waals surface area contributed by atoms with Crippen molar-refractivity contribution >= 4 is 68.0 Å². The molecule has 2 heterocycles. The lowest BCUT2D eigenvalue weighted by molar-refractivity contribution is 0.812. The molecule has 9 rings (SSSR count). The van der Waals surface area contributed by atoms with Gasteiger partial charge in [0.05, 0.1) is 11.0 Å². The maximum absolute atomic E-state index is 2.60. The lowest BCUT2D eigenvalue weighted by Gasteiger charge is -2.37. The van der Waals surface area contributed by atoms with Gasteiger partial charge in [-0.2, -0.15) is 0 Å². The quantitative estimate of drug-likeness (QED) is 0.121. The molecule has 0 saturated carbocycles. The molecule has 3 heteroatoms. The second-order valence-electron chi connectivity index (χ2n) is 20.4. The third-order valence-corrected chi connectivity index (χ3v) is 14.3. The predicted octanol–water partition coefficient (Wildman–Crippen LogP) is 12.5. The summed E-state index contributed by atoms with van der Waals surface area (Å²) in [6.45, 7) is 28.8. The number of rotatable bonds is 10. The van der Waals surface area contributed by atoms with E-state index in [9.17, 15) is 0 Å². The van der Waals surface area contributed by atoms with Crippen molar-refractivity contribution in [3.05, 3.63) is 173 Å². The van der Waals surface area contributed by atoms with Gasteiger partial charge in [-0.15, -0.1) is 0 Å². The molecule has 0 N–H and O–H groups in total. The van der Waals surface area contributed by atoms with E-state index in [-0.39, 0.29) is 13.4 Å². The van der Waals surface area contributed by atoms with Gasteiger partial charge in [0.15, 0.2) is 0 Å². The molecule has 0 fully saturated rings. The summed E-state index contributed by atoms with van der Waals surface area (Å²) in [5.41, 5.74) is 23.8. The van der Waals surface area contributed by atoms with Gasteiger partial charge in [0, 0.05) is 16.5 Å². The number of aromatic nitrogens is 1. The van der Waals surface area contributed by atoms with E-state index in [1.54, 1.807) is 0 Å². The summed E-state index contributed by atoms with van der Waals surface area (Å²) < 4.78 is 2.45. The van der Waals surface area contributed by atoms with Gasteiger partial charge in [-0.05, 0) is 104 Å². The normalized spacial score (nSPS) is 12.9. The fourth-order valence-corrected chi connectivity index (χ4v) is 11.0. The van der Waals surface area contributed by atoms with Crippen LogP contribution in [0, 0.1) is 0 Å². The lowest BCUT2D eigenvalue weighted by atomic mass is 9.20. The summed E-state index contributed by atoms with van der Waals surface area (Å²) >= 11 is 0. The number of para-hydroxylation sites is 2. The van der Waals surface area contributed by atoms with Crippen molar-refractivity contribution in [2.75, 3.05) is 0 Å². The van der Waals surface area contributed by atoms with Crippen LogP contribution in [0.3, 0.4) is 0 Å². The fraction of sp³-hybridized carbons (Fsp3) is 0.300. The average Bonchev–Trinajstić information content (AvgIpc) is 3.61. The molecule has 0 aliphatic carbocycles. The minimum Gasteiger partial charge on any atom is -0.309 e. The molecule has 0 saturated heterocycles. The number of nitrogens with zero attached hydrogens (tertiary/aromatic N) is 1. The zero-order chi connectivity index (χ0) is 44.4. The number of fused-ring (bicyclic) bond motifs is 5. The standard InChI is InChI=1S/C60H65B2N/c1-36(2)44-31-49(38(5)6)59(50(32-44)39(7)8)61-53-24-15-16-25-54(53)62(60-51(40(9)10)33-45(37(3)4)34-52(60)41(11)12)56-35-43(28-29-55(56)61)42-20-19-21-46(30-42)63-57-26-17-13-22-47(57)48-23-14-18-27-58(48)63/h13-41H,1-12H3. The minimum absolute atomic E-state index is 0.0869. The molecule has 0 unspecified atom stereocenters. The van der Waals surface area contributed by atoms with Gasteiger partial charge in [-0.1, -0.05) is 231 Å². The third kappa shape index (κ3) is 7.40. The molecule has 0 bridgehead atoms. The molecule has 8 aromatic rings. The first kappa shape index (κ1) is 42.8. The summed E-state index contributed by atoms with van der Waals surface area (Å²) in [6, 6.07) is 54.3. The van der Waals surface area contributed by atoms with E-state index in [0.29, 0.717) is 35.5 Å². The monoisotopic (exact) mass is 822 g/mol. The predicted molar refractivity (Wildman–Crippen MR) is 279 cm³/mol. The van der Waals surface area contributed by atoms with Crippen LogP contribution in [-0.2, 0) is 0 Å². The molecule has 1 aromatic heterocycles. The molecule has 1 aliphatic heterocycles. The highest BCUT2D eigenvalue weighted by molar-refractivity contribution is 7.11. The van der Waals surface area contributed by atoms with E-state index < -0.39 is 0 Å². The minimum atomic E-state index is 0.0869. The van der Waals surface area contributed by atoms with Gasteiger partial charge >= 0.3 is 0 Å². The Hall–Kier alpha value is -5.53. The van der Waals surface area contributed by atoms with Crippen molar-refractivity contribution < 1.29 is 0 Å². The van der Waals surface area contributed by atoms with E-state index in [4.69, 9.17) is 0 Å². The summed E-state index contributed by atoms with van der Waals surface area (Å²) in [5, 5.41) is 2.57. The van der Waals surface area contributed by atoms with Gasteiger partial charge in [0.25, 0.3) is 0 Å². The Balaban J connectivity index is 1.35. The topological polar surface area (TPSA) is 4.93 Å². The second kappa shape index (κ2) is 16.9. The summed E-state index contributed by atoms with van der Waals surface area (Å²) in [4.78, 5) is 0. The fourth-order valence-electron chi connectivity index (χ4n) is 11.0. The molecular weight excluding hydrogens is 756 g/mol. The van der Waals surface area contributed by atoms with E-state index >= 15 is 0 Å². The Bertz CT molecular complexity index is 2880. The van der Waals surface area contributed by atoms with E-state index in [0.717, 1.165) is 0 Å². The van der Waals surface area contributed by atoms with Crippen molar-refractivity contribution in [2.45, 2.75) is 119 Å². The number of benzene rings is 7. The van der Waals surface area contributed by atoms with Gasteiger partial charge < -0.3 is 4.57 Å². The molecular formula is C60H65B2N. The highest BCUT2D eigenvalue weighted by Crippen LogP contribution is 2.34. The SMILES string of the molecule is CC(C)c1cc(C(C)C)c(B2c3ccccc3B(c3c(C(C)C)cc(C(C)C)cc3C(C)C)c3cc(-c4cccc(-n5c6ccccc6c6ccccc65)c4)ccc32)c(C(C)C)c1. The smallest absolute Gasteiger partial charge is 0.240 e. The number of hydrogen-bond donors (Lipinski definition) is 0. The summed E-state index contributed by atoms with van der Waals surface area (Å²) in [7, 11) is 0. The molecule has 1 aliphatic rings. The van der Waals surface area contributed by atoms with Crippen LogP contribution < -0.4 is 32.8 Å². The molecule has 1 nitrogen and oxygen atoms in total. The van der Waals surface area contributed by atoms with E-state index in [1.807, 2.05) is 0 Å². The number of hydrogen-bond acceptors (Lipinski definition) is 0. The van der Waals surface area contributed by atoms with Gasteiger partial charge in [0.2, 0.25) is 13.4 Å². The first-order chi connectivity index (χ1) is 30.2. The average molecular weight is 822 g/mol. The Morgan fingerprint density at radius 3 is 1.17 bits per heavy atom. The highest BCUT2D eigenvalue weighted by atomic mass is 15.0. The van der Waals surface area contributed by atoms with Crippen molar-refractivity contribution in [3.8, 4) is 16.8 Å². The first-order valence-electron chi connectivity index (χ1n) is 23.9. The molecule has 316 valence electrons. The largest absolute Gasteiger partial charge is 0.309 e. The third-order valence-electron chi connectivity index (χ3n) is 14.3. The molecule has 0 radical (unpaired) electrons. The summed E-state index contributed by atoms with van der Waals surface area (Å²) in [5.74, 6) is 2.43. The van der Waals surface area contributed by atoms with Gasteiger partial charge in [0.1, 0.15) is 0 Å². The Morgan fingerprint density at radius 1 is 0.333 bits per heavy atom. The van der Waals surface area contributed by atoms with Crippen molar-refractivity contribution in [1.29, 1.82) is 0 Å². The molecule has 63 heavy (non-hydrogen) atoms. The maximum atomic E-state index is 2.60.